The third-order valence-corrected chi connectivity index (χ3v) is 8.22. The summed E-state index contributed by atoms with van der Waals surface area (Å²) >= 11 is 0. The maximum Gasteiger partial charge on any atom is 0.120 e. The van der Waals surface area contributed by atoms with Crippen molar-refractivity contribution in [3.8, 4) is 5.75 Å². The molecular formula is C30H40O. The quantitative estimate of drug-likeness (QED) is 0.410. The molecule has 1 unspecified atom stereocenters. The first-order valence-corrected chi connectivity index (χ1v) is 12.6. The van der Waals surface area contributed by atoms with E-state index in [1.165, 1.54) is 67.7 Å². The zero-order chi connectivity index (χ0) is 21.6. The van der Waals surface area contributed by atoms with Gasteiger partial charge in [0.1, 0.15) is 12.4 Å². The predicted octanol–water partition coefficient (Wildman–Crippen LogP) is 8.70. The fourth-order valence-corrected chi connectivity index (χ4v) is 6.24. The van der Waals surface area contributed by atoms with Gasteiger partial charge in [0.2, 0.25) is 0 Å². The molecule has 2 fully saturated rings. The number of rotatable bonds is 7. The third kappa shape index (κ3) is 5.43. The molecule has 0 heterocycles. The van der Waals surface area contributed by atoms with Crippen LogP contribution in [0.3, 0.4) is 0 Å². The number of allylic oxidation sites excluding steroid dienone is 2. The number of ether oxygens (including phenoxy) is 1. The maximum atomic E-state index is 5.69. The van der Waals surface area contributed by atoms with E-state index in [2.05, 4.69) is 69.0 Å². The van der Waals surface area contributed by atoms with Gasteiger partial charge in [0.05, 0.1) is 0 Å². The highest BCUT2D eigenvalue weighted by atomic mass is 16.5. The van der Waals surface area contributed by atoms with E-state index in [0.29, 0.717) is 6.61 Å². The summed E-state index contributed by atoms with van der Waals surface area (Å²) in [6.07, 6.45) is 17.7. The van der Waals surface area contributed by atoms with Crippen LogP contribution in [0, 0.1) is 23.7 Å². The Balaban J connectivity index is 1.33. The van der Waals surface area contributed by atoms with Crippen molar-refractivity contribution in [1.82, 2.24) is 0 Å². The van der Waals surface area contributed by atoms with Crippen molar-refractivity contribution in [3.63, 3.8) is 0 Å². The van der Waals surface area contributed by atoms with Crippen LogP contribution in [0.15, 0.2) is 61.2 Å². The molecule has 2 aromatic rings. The predicted molar refractivity (Wildman–Crippen MR) is 134 cm³/mol. The first-order valence-electron chi connectivity index (χ1n) is 12.6. The summed E-state index contributed by atoms with van der Waals surface area (Å²) in [4.78, 5) is 0. The fourth-order valence-electron chi connectivity index (χ4n) is 6.24. The highest BCUT2D eigenvalue weighted by Crippen LogP contribution is 2.44. The van der Waals surface area contributed by atoms with Crippen LogP contribution in [0.25, 0.3) is 10.8 Å². The second-order valence-electron chi connectivity index (χ2n) is 10.0. The van der Waals surface area contributed by atoms with Crippen LogP contribution in [0.5, 0.6) is 5.75 Å². The summed E-state index contributed by atoms with van der Waals surface area (Å²) in [6.45, 7) is 9.01. The molecule has 0 amide bonds. The Morgan fingerprint density at radius 3 is 2.23 bits per heavy atom. The second-order valence-corrected chi connectivity index (χ2v) is 10.0. The van der Waals surface area contributed by atoms with Crippen LogP contribution < -0.4 is 4.74 Å². The smallest absolute Gasteiger partial charge is 0.120 e. The fraction of sp³-hybridized carbons (Fsp3) is 0.533. The van der Waals surface area contributed by atoms with Crippen LogP contribution >= 0.6 is 0 Å². The van der Waals surface area contributed by atoms with Crippen molar-refractivity contribution in [2.75, 3.05) is 6.61 Å². The molecule has 0 N–H and O–H groups in total. The number of hydrogen-bond acceptors (Lipinski definition) is 1. The summed E-state index contributed by atoms with van der Waals surface area (Å²) in [5.74, 6) is 5.30. The minimum Gasteiger partial charge on any atom is -0.490 e. The molecule has 2 saturated carbocycles. The topological polar surface area (TPSA) is 9.23 Å². The van der Waals surface area contributed by atoms with E-state index in [0.717, 1.165) is 35.3 Å². The molecule has 0 spiro atoms. The Hall–Kier alpha value is -2.02. The summed E-state index contributed by atoms with van der Waals surface area (Å²) in [6, 6.07) is 13.5. The monoisotopic (exact) mass is 416 g/mol. The number of benzene rings is 2. The summed E-state index contributed by atoms with van der Waals surface area (Å²) < 4.78 is 5.69. The third-order valence-electron chi connectivity index (χ3n) is 8.22. The molecule has 0 aromatic heterocycles. The minimum atomic E-state index is 0.558. The molecule has 166 valence electrons. The van der Waals surface area contributed by atoms with Gasteiger partial charge in [0, 0.05) is 0 Å². The van der Waals surface area contributed by atoms with Crippen molar-refractivity contribution in [1.29, 1.82) is 0 Å². The van der Waals surface area contributed by atoms with E-state index in [4.69, 9.17) is 4.74 Å². The lowest BCUT2D eigenvalue weighted by Crippen LogP contribution is -2.27. The number of hydrogen-bond donors (Lipinski definition) is 0. The Morgan fingerprint density at radius 2 is 1.55 bits per heavy atom. The van der Waals surface area contributed by atoms with Crippen molar-refractivity contribution in [3.05, 3.63) is 66.8 Å². The molecule has 2 aromatic carbocycles. The zero-order valence-electron chi connectivity index (χ0n) is 19.6. The van der Waals surface area contributed by atoms with Gasteiger partial charge in [-0.15, -0.1) is 0 Å². The molecule has 1 nitrogen and oxygen atoms in total. The molecule has 1 atom stereocenters. The second kappa shape index (κ2) is 10.5. The molecule has 2 aliphatic carbocycles. The highest BCUT2D eigenvalue weighted by molar-refractivity contribution is 5.84. The van der Waals surface area contributed by atoms with Gasteiger partial charge >= 0.3 is 0 Å². The molecule has 0 aliphatic heterocycles. The van der Waals surface area contributed by atoms with E-state index in [9.17, 15) is 0 Å². The molecule has 1 heteroatoms. The summed E-state index contributed by atoms with van der Waals surface area (Å²) in [5, 5.41) is 2.60. The van der Waals surface area contributed by atoms with E-state index < -0.39 is 0 Å². The first-order chi connectivity index (χ1) is 15.2. The normalized spacial score (nSPS) is 27.9. The molecule has 4 rings (SSSR count). The average molecular weight is 417 g/mol. The van der Waals surface area contributed by atoms with Crippen LogP contribution in [-0.4, -0.2) is 6.61 Å². The highest BCUT2D eigenvalue weighted by Gasteiger charge is 2.32. The Bertz CT molecular complexity index is 878. The van der Waals surface area contributed by atoms with Gasteiger partial charge in [-0.3, -0.25) is 0 Å². The largest absolute Gasteiger partial charge is 0.490 e. The van der Waals surface area contributed by atoms with Crippen LogP contribution in [-0.2, 0) is 0 Å². The Kier molecular flexibility index (Phi) is 7.54. The van der Waals surface area contributed by atoms with E-state index >= 15 is 0 Å². The SMILES string of the molecule is C=CCOc1ccc2cc(C3CCC(C(C)C4CCC(/C=C/C)CC4)CC3)ccc2c1. The first kappa shape index (κ1) is 22.2. The number of fused-ring (bicyclic) bond motifs is 1. The molecule has 0 radical (unpaired) electrons. The van der Waals surface area contributed by atoms with Gasteiger partial charge < -0.3 is 4.74 Å². The molecular weight excluding hydrogens is 376 g/mol. The van der Waals surface area contributed by atoms with Crippen molar-refractivity contribution < 1.29 is 4.74 Å². The average Bonchev–Trinajstić information content (AvgIpc) is 2.82. The van der Waals surface area contributed by atoms with Crippen LogP contribution in [0.1, 0.15) is 76.7 Å². The lowest BCUT2D eigenvalue weighted by atomic mass is 9.67. The van der Waals surface area contributed by atoms with Crippen molar-refractivity contribution in [2.24, 2.45) is 23.7 Å². The summed E-state index contributed by atoms with van der Waals surface area (Å²) in [5.41, 5.74) is 1.53. The Morgan fingerprint density at radius 1 is 0.903 bits per heavy atom. The van der Waals surface area contributed by atoms with E-state index in [1.807, 2.05) is 0 Å². The van der Waals surface area contributed by atoms with Gasteiger partial charge in [-0.05, 0) is 116 Å². The maximum absolute atomic E-state index is 5.69. The van der Waals surface area contributed by atoms with Crippen molar-refractivity contribution >= 4 is 10.8 Å². The van der Waals surface area contributed by atoms with Gasteiger partial charge in [-0.25, -0.2) is 0 Å². The van der Waals surface area contributed by atoms with Crippen LogP contribution in [0.2, 0.25) is 0 Å². The zero-order valence-corrected chi connectivity index (χ0v) is 19.6. The molecule has 0 bridgehead atoms. The molecule has 2 aliphatic rings. The van der Waals surface area contributed by atoms with Crippen molar-refractivity contribution in [2.45, 2.75) is 71.1 Å². The standard InChI is InChI=1S/C30H40O/c1-4-6-23-7-9-24(10-8-23)22(3)25-11-13-26(14-12-25)27-15-16-29-21-30(31-19-5-2)18-17-28(29)20-27/h4-6,15-18,20-26H,2,7-14,19H2,1,3H3/b6-4+. The summed E-state index contributed by atoms with van der Waals surface area (Å²) in [7, 11) is 0. The van der Waals surface area contributed by atoms with Gasteiger partial charge in [0.15, 0.2) is 0 Å². The Labute approximate surface area is 189 Å². The minimum absolute atomic E-state index is 0.558. The van der Waals surface area contributed by atoms with E-state index in [-0.39, 0.29) is 0 Å². The molecule has 0 saturated heterocycles. The van der Waals surface area contributed by atoms with Gasteiger partial charge in [0.25, 0.3) is 0 Å². The lowest BCUT2D eigenvalue weighted by Gasteiger charge is -2.39. The molecule has 31 heavy (non-hydrogen) atoms. The van der Waals surface area contributed by atoms with Gasteiger partial charge in [-0.1, -0.05) is 56.0 Å². The lowest BCUT2D eigenvalue weighted by molar-refractivity contribution is 0.142. The van der Waals surface area contributed by atoms with E-state index in [1.54, 1.807) is 6.08 Å². The van der Waals surface area contributed by atoms with Gasteiger partial charge in [-0.2, -0.15) is 0 Å². The van der Waals surface area contributed by atoms with Crippen LogP contribution in [0.4, 0.5) is 0 Å².